The summed E-state index contributed by atoms with van der Waals surface area (Å²) in [4.78, 5) is 15.3. The maximum atomic E-state index is 10.7. The van der Waals surface area contributed by atoms with Crippen molar-refractivity contribution in [1.82, 2.24) is 9.55 Å². The van der Waals surface area contributed by atoms with Gasteiger partial charge < -0.3 is 9.67 Å². The molecule has 2 aromatic rings. The maximum Gasteiger partial charge on any atom is 0.307 e. The lowest BCUT2D eigenvalue weighted by Gasteiger charge is -2.17. The lowest BCUT2D eigenvalue weighted by molar-refractivity contribution is -0.136. The van der Waals surface area contributed by atoms with Gasteiger partial charge >= 0.3 is 5.97 Å². The molecule has 0 aliphatic rings. The van der Waals surface area contributed by atoms with Gasteiger partial charge in [0.2, 0.25) is 0 Å². The molecule has 1 N–H and O–H groups in total. The highest BCUT2D eigenvalue weighted by Crippen LogP contribution is 2.25. The molecule has 0 saturated carbocycles. The minimum Gasteiger partial charge on any atom is -0.481 e. The zero-order chi connectivity index (χ0) is 13.5. The standard InChI is InChI=1S/C14H18N2O2/c1-14(2,3)13-15-10-7-9(8-12(17)18)5-6-11(10)16(13)4/h5-7H,8H2,1-4H3,(H,17,18). The van der Waals surface area contributed by atoms with E-state index in [1.54, 1.807) is 0 Å². The van der Waals surface area contributed by atoms with Gasteiger partial charge in [0.25, 0.3) is 0 Å². The van der Waals surface area contributed by atoms with Gasteiger partial charge in [-0.3, -0.25) is 4.79 Å². The van der Waals surface area contributed by atoms with Gasteiger partial charge in [-0.25, -0.2) is 4.98 Å². The van der Waals surface area contributed by atoms with Crippen LogP contribution in [0.25, 0.3) is 11.0 Å². The number of hydrogen-bond donors (Lipinski definition) is 1. The molecule has 0 spiro atoms. The van der Waals surface area contributed by atoms with Gasteiger partial charge in [0.05, 0.1) is 17.5 Å². The van der Waals surface area contributed by atoms with Crippen molar-refractivity contribution in [3.8, 4) is 0 Å². The first kappa shape index (κ1) is 12.6. The Balaban J connectivity index is 2.55. The number of carboxylic acids is 1. The topological polar surface area (TPSA) is 55.1 Å². The molecule has 1 aromatic heterocycles. The van der Waals surface area contributed by atoms with E-state index in [1.807, 2.05) is 25.2 Å². The summed E-state index contributed by atoms with van der Waals surface area (Å²) in [6, 6.07) is 5.65. The Labute approximate surface area is 106 Å². The van der Waals surface area contributed by atoms with Gasteiger partial charge in [-0.05, 0) is 17.7 Å². The maximum absolute atomic E-state index is 10.7. The number of aryl methyl sites for hydroxylation is 1. The third-order valence-electron chi connectivity index (χ3n) is 2.97. The predicted octanol–water partition coefficient (Wildman–Crippen LogP) is 2.50. The second kappa shape index (κ2) is 4.12. The Bertz CT molecular complexity index is 606. The van der Waals surface area contributed by atoms with Crippen LogP contribution >= 0.6 is 0 Å². The van der Waals surface area contributed by atoms with Crippen molar-refractivity contribution < 1.29 is 9.90 Å². The lowest BCUT2D eigenvalue weighted by atomic mass is 9.96. The van der Waals surface area contributed by atoms with Crippen LogP contribution in [0.3, 0.4) is 0 Å². The highest BCUT2D eigenvalue weighted by Gasteiger charge is 2.21. The van der Waals surface area contributed by atoms with Crippen LogP contribution in [0, 0.1) is 0 Å². The van der Waals surface area contributed by atoms with Gasteiger partial charge in [0.15, 0.2) is 0 Å². The Morgan fingerprint density at radius 1 is 1.39 bits per heavy atom. The molecule has 1 aromatic carbocycles. The van der Waals surface area contributed by atoms with E-state index in [4.69, 9.17) is 5.11 Å². The summed E-state index contributed by atoms with van der Waals surface area (Å²) >= 11 is 0. The number of fused-ring (bicyclic) bond motifs is 1. The molecule has 4 heteroatoms. The first-order valence-corrected chi connectivity index (χ1v) is 5.96. The molecule has 0 atom stereocenters. The van der Waals surface area contributed by atoms with E-state index in [9.17, 15) is 4.79 Å². The summed E-state index contributed by atoms with van der Waals surface area (Å²) in [5.74, 6) is 0.186. The van der Waals surface area contributed by atoms with E-state index in [0.717, 1.165) is 22.4 Å². The van der Waals surface area contributed by atoms with Gasteiger partial charge in [-0.15, -0.1) is 0 Å². The number of carboxylic acid groups (broad SMARTS) is 1. The van der Waals surface area contributed by atoms with Crippen LogP contribution in [-0.2, 0) is 23.7 Å². The zero-order valence-corrected chi connectivity index (χ0v) is 11.2. The number of rotatable bonds is 2. The molecule has 4 nitrogen and oxygen atoms in total. The molecular formula is C14H18N2O2. The molecule has 18 heavy (non-hydrogen) atoms. The van der Waals surface area contributed by atoms with E-state index < -0.39 is 5.97 Å². The van der Waals surface area contributed by atoms with E-state index >= 15 is 0 Å². The van der Waals surface area contributed by atoms with Crippen LogP contribution in [-0.4, -0.2) is 20.6 Å². The molecule has 0 aliphatic heterocycles. The van der Waals surface area contributed by atoms with E-state index in [1.165, 1.54) is 0 Å². The van der Waals surface area contributed by atoms with Gasteiger partial charge in [0, 0.05) is 12.5 Å². The molecule has 0 unspecified atom stereocenters. The summed E-state index contributed by atoms with van der Waals surface area (Å²) in [6.07, 6.45) is 0.0391. The van der Waals surface area contributed by atoms with Crippen molar-refractivity contribution >= 4 is 17.0 Å². The van der Waals surface area contributed by atoms with E-state index in [0.29, 0.717) is 0 Å². The van der Waals surface area contributed by atoms with Crippen molar-refractivity contribution in [2.75, 3.05) is 0 Å². The number of aromatic nitrogens is 2. The molecular weight excluding hydrogens is 228 g/mol. The number of nitrogens with zero attached hydrogens (tertiary/aromatic N) is 2. The minimum absolute atomic E-state index is 0.0271. The molecule has 2 rings (SSSR count). The van der Waals surface area contributed by atoms with Crippen LogP contribution in [0.2, 0.25) is 0 Å². The Morgan fingerprint density at radius 2 is 2.06 bits per heavy atom. The van der Waals surface area contributed by atoms with Crippen molar-refractivity contribution in [3.05, 3.63) is 29.6 Å². The molecule has 0 bridgehead atoms. The number of imidazole rings is 1. The number of aliphatic carboxylic acids is 1. The fourth-order valence-corrected chi connectivity index (χ4v) is 2.20. The highest BCUT2D eigenvalue weighted by molar-refractivity contribution is 5.79. The molecule has 0 aliphatic carbocycles. The SMILES string of the molecule is Cn1c(C(C)(C)C)nc2cc(CC(=O)O)ccc21. The van der Waals surface area contributed by atoms with Gasteiger partial charge in [0.1, 0.15) is 5.82 Å². The Hall–Kier alpha value is -1.84. The summed E-state index contributed by atoms with van der Waals surface area (Å²) < 4.78 is 2.07. The number of carbonyl (C=O) groups is 1. The van der Waals surface area contributed by atoms with Gasteiger partial charge in [-0.1, -0.05) is 26.8 Å². The van der Waals surface area contributed by atoms with Crippen molar-refractivity contribution in [1.29, 1.82) is 0 Å². The monoisotopic (exact) mass is 246 g/mol. The summed E-state index contributed by atoms with van der Waals surface area (Å²) in [5.41, 5.74) is 2.66. The average molecular weight is 246 g/mol. The summed E-state index contributed by atoms with van der Waals surface area (Å²) in [7, 11) is 1.99. The highest BCUT2D eigenvalue weighted by atomic mass is 16.4. The first-order valence-electron chi connectivity index (χ1n) is 5.96. The van der Waals surface area contributed by atoms with E-state index in [-0.39, 0.29) is 11.8 Å². The Kier molecular flexibility index (Phi) is 2.89. The molecule has 0 saturated heterocycles. The fourth-order valence-electron chi connectivity index (χ4n) is 2.20. The van der Waals surface area contributed by atoms with Crippen LogP contribution in [0.15, 0.2) is 18.2 Å². The molecule has 1 heterocycles. The second-order valence-corrected chi connectivity index (χ2v) is 5.64. The fraction of sp³-hybridized carbons (Fsp3) is 0.429. The quantitative estimate of drug-likeness (QED) is 0.885. The molecule has 96 valence electrons. The number of benzene rings is 1. The molecule has 0 amide bonds. The average Bonchev–Trinajstić information content (AvgIpc) is 2.54. The van der Waals surface area contributed by atoms with Crippen LogP contribution < -0.4 is 0 Å². The Morgan fingerprint density at radius 3 is 2.61 bits per heavy atom. The molecule has 0 fully saturated rings. The normalized spacial score (nSPS) is 12.0. The second-order valence-electron chi connectivity index (χ2n) is 5.64. The van der Waals surface area contributed by atoms with Crippen LogP contribution in [0.4, 0.5) is 0 Å². The summed E-state index contributed by atoms with van der Waals surface area (Å²) in [6.45, 7) is 6.35. The third-order valence-corrected chi connectivity index (χ3v) is 2.97. The smallest absolute Gasteiger partial charge is 0.307 e. The van der Waals surface area contributed by atoms with Gasteiger partial charge in [-0.2, -0.15) is 0 Å². The number of hydrogen-bond acceptors (Lipinski definition) is 2. The van der Waals surface area contributed by atoms with Crippen molar-refractivity contribution in [2.24, 2.45) is 7.05 Å². The zero-order valence-electron chi connectivity index (χ0n) is 11.2. The van der Waals surface area contributed by atoms with E-state index in [2.05, 4.69) is 30.3 Å². The first-order chi connectivity index (χ1) is 8.29. The largest absolute Gasteiger partial charge is 0.481 e. The van der Waals surface area contributed by atoms with Crippen LogP contribution in [0.1, 0.15) is 32.2 Å². The third kappa shape index (κ3) is 2.23. The molecule has 0 radical (unpaired) electrons. The predicted molar refractivity (Wildman–Crippen MR) is 70.8 cm³/mol. The van der Waals surface area contributed by atoms with Crippen molar-refractivity contribution in [2.45, 2.75) is 32.6 Å². The minimum atomic E-state index is -0.818. The summed E-state index contributed by atoms with van der Waals surface area (Å²) in [5, 5.41) is 8.80. The van der Waals surface area contributed by atoms with Crippen LogP contribution in [0.5, 0.6) is 0 Å². The van der Waals surface area contributed by atoms with Crippen molar-refractivity contribution in [3.63, 3.8) is 0 Å². The lowest BCUT2D eigenvalue weighted by Crippen LogP contribution is -2.17.